The van der Waals surface area contributed by atoms with Crippen LogP contribution in [0.1, 0.15) is 41.6 Å². The molecule has 3 aromatic rings. The number of likely N-dealkylation sites (tertiary alicyclic amines) is 2. The van der Waals surface area contributed by atoms with E-state index in [4.69, 9.17) is 16.3 Å². The summed E-state index contributed by atoms with van der Waals surface area (Å²) < 4.78 is 47.0. The molecule has 0 N–H and O–H groups in total. The van der Waals surface area contributed by atoms with Crippen molar-refractivity contribution in [2.75, 3.05) is 44.7 Å². The zero-order chi connectivity index (χ0) is 30.1. The highest BCUT2D eigenvalue weighted by atomic mass is 35.5. The Bertz CT molecular complexity index is 1570. The molecule has 2 bridgehead atoms. The lowest BCUT2D eigenvalue weighted by Crippen LogP contribution is -2.55. The molecule has 3 saturated heterocycles. The summed E-state index contributed by atoms with van der Waals surface area (Å²) in [5, 5.41) is -0.324. The van der Waals surface area contributed by atoms with Crippen LogP contribution in [0.2, 0.25) is 5.02 Å². The van der Waals surface area contributed by atoms with E-state index in [1.165, 1.54) is 17.7 Å². The summed E-state index contributed by atoms with van der Waals surface area (Å²) in [5.74, 6) is -0.0881. The van der Waals surface area contributed by atoms with Crippen molar-refractivity contribution in [3.63, 3.8) is 0 Å². The maximum atomic E-state index is 13.9. The molecular formula is C33H37ClFN3O4S. The zero-order valence-corrected chi connectivity index (χ0v) is 25.9. The van der Waals surface area contributed by atoms with Crippen LogP contribution in [-0.2, 0) is 16.3 Å². The Morgan fingerprint density at radius 1 is 0.953 bits per heavy atom. The normalized spacial score (nSPS) is 21.3. The predicted octanol–water partition coefficient (Wildman–Crippen LogP) is 5.46. The van der Waals surface area contributed by atoms with E-state index in [0.29, 0.717) is 36.6 Å². The Morgan fingerprint density at radius 2 is 1.65 bits per heavy atom. The molecule has 3 aromatic carbocycles. The molecule has 0 aliphatic carbocycles. The van der Waals surface area contributed by atoms with Crippen molar-refractivity contribution >= 4 is 33.0 Å². The van der Waals surface area contributed by atoms with Crippen LogP contribution in [-0.4, -0.2) is 81.3 Å². The average molecular weight is 626 g/mol. The van der Waals surface area contributed by atoms with Crippen LogP contribution >= 0.6 is 11.6 Å². The molecule has 1 amide bonds. The summed E-state index contributed by atoms with van der Waals surface area (Å²) >= 11 is 6.20. The number of fused-ring (bicyclic) bond motifs is 2. The number of hydrogen-bond acceptors (Lipinski definition) is 6. The van der Waals surface area contributed by atoms with Crippen molar-refractivity contribution < 1.29 is 22.3 Å². The third kappa shape index (κ3) is 6.12. The maximum Gasteiger partial charge on any atom is 0.255 e. The number of sulfone groups is 1. The third-order valence-electron chi connectivity index (χ3n) is 9.22. The number of rotatable bonds is 8. The van der Waals surface area contributed by atoms with Gasteiger partial charge in [0.15, 0.2) is 9.84 Å². The van der Waals surface area contributed by atoms with E-state index in [1.54, 1.807) is 30.2 Å². The highest BCUT2D eigenvalue weighted by molar-refractivity contribution is 7.92. The largest absolute Gasteiger partial charge is 0.495 e. The van der Waals surface area contributed by atoms with Crippen LogP contribution < -0.4 is 9.64 Å². The maximum absolute atomic E-state index is 13.9. The summed E-state index contributed by atoms with van der Waals surface area (Å²) in [5.41, 5.74) is 2.33. The van der Waals surface area contributed by atoms with Crippen molar-refractivity contribution in [2.45, 2.75) is 54.3 Å². The topological polar surface area (TPSA) is 70.2 Å². The van der Waals surface area contributed by atoms with E-state index in [-0.39, 0.29) is 28.6 Å². The molecule has 3 aliphatic heterocycles. The number of methoxy groups -OCH3 is 1. The van der Waals surface area contributed by atoms with Gasteiger partial charge in [-0.05, 0) is 87.2 Å². The van der Waals surface area contributed by atoms with E-state index in [0.717, 1.165) is 50.7 Å². The molecule has 228 valence electrons. The number of benzene rings is 3. The second kappa shape index (κ2) is 12.5. The van der Waals surface area contributed by atoms with Crippen molar-refractivity contribution in [3.05, 3.63) is 88.7 Å². The van der Waals surface area contributed by atoms with Crippen LogP contribution in [0.15, 0.2) is 71.6 Å². The standard InChI is InChI=1S/C33H37ClFN3O4S/c1-42-32-12-10-28(43(40,41)27-14-17-36(18-15-27)16-13-23-5-3-2-4-6-23)20-31(32)38-25-8-9-26(38)22-37(21-25)33(39)29-11-7-24(35)19-30(29)34/h2-7,10-12,19-20,25-27H,8-9,13-18,21-22H2,1H3/t25-,26+. The first kappa shape index (κ1) is 29.9. The van der Waals surface area contributed by atoms with Gasteiger partial charge in [0, 0.05) is 31.7 Å². The lowest BCUT2D eigenvalue weighted by molar-refractivity contribution is 0.0718. The van der Waals surface area contributed by atoms with Crippen LogP contribution in [0.25, 0.3) is 0 Å². The highest BCUT2D eigenvalue weighted by Crippen LogP contribution is 2.42. The third-order valence-corrected chi connectivity index (χ3v) is 11.8. The van der Waals surface area contributed by atoms with Gasteiger partial charge in [0.25, 0.3) is 5.91 Å². The monoisotopic (exact) mass is 625 g/mol. The Balaban J connectivity index is 1.15. The Morgan fingerprint density at radius 3 is 2.30 bits per heavy atom. The van der Waals surface area contributed by atoms with E-state index >= 15 is 0 Å². The molecule has 3 heterocycles. The van der Waals surface area contributed by atoms with Gasteiger partial charge in [-0.2, -0.15) is 0 Å². The van der Waals surface area contributed by atoms with E-state index < -0.39 is 20.9 Å². The van der Waals surface area contributed by atoms with Gasteiger partial charge in [0.2, 0.25) is 0 Å². The number of ether oxygens (including phenoxy) is 1. The molecule has 0 radical (unpaired) electrons. The van der Waals surface area contributed by atoms with Gasteiger partial charge in [-0.3, -0.25) is 4.79 Å². The van der Waals surface area contributed by atoms with E-state index in [2.05, 4.69) is 21.9 Å². The van der Waals surface area contributed by atoms with Gasteiger partial charge in [-0.25, -0.2) is 12.8 Å². The van der Waals surface area contributed by atoms with Crippen molar-refractivity contribution in [3.8, 4) is 5.75 Å². The van der Waals surface area contributed by atoms with Crippen molar-refractivity contribution in [2.24, 2.45) is 0 Å². The number of halogens is 2. The summed E-state index contributed by atoms with van der Waals surface area (Å²) in [4.78, 5) is 20.0. The zero-order valence-electron chi connectivity index (χ0n) is 24.3. The first-order chi connectivity index (χ1) is 20.7. The van der Waals surface area contributed by atoms with Gasteiger partial charge in [-0.15, -0.1) is 0 Å². The second-order valence-corrected chi connectivity index (χ2v) is 14.4. The predicted molar refractivity (Wildman–Crippen MR) is 166 cm³/mol. The molecule has 2 atom stereocenters. The first-order valence-corrected chi connectivity index (χ1v) is 16.9. The summed E-state index contributed by atoms with van der Waals surface area (Å²) in [6.07, 6.45) is 3.91. The molecule has 10 heteroatoms. The number of amides is 1. The summed E-state index contributed by atoms with van der Waals surface area (Å²) in [7, 11) is -1.95. The Labute approximate surface area is 258 Å². The fourth-order valence-electron chi connectivity index (χ4n) is 6.91. The van der Waals surface area contributed by atoms with Crippen molar-refractivity contribution in [1.82, 2.24) is 9.80 Å². The molecule has 0 aromatic heterocycles. The first-order valence-electron chi connectivity index (χ1n) is 15.0. The summed E-state index contributed by atoms with van der Waals surface area (Å²) in [6.45, 7) is 3.37. The molecule has 43 heavy (non-hydrogen) atoms. The minimum Gasteiger partial charge on any atom is -0.495 e. The van der Waals surface area contributed by atoms with Crippen LogP contribution in [0.5, 0.6) is 5.75 Å². The molecule has 3 fully saturated rings. The molecule has 0 saturated carbocycles. The van der Waals surface area contributed by atoms with Crippen LogP contribution in [0.4, 0.5) is 10.1 Å². The number of hydrogen-bond donors (Lipinski definition) is 0. The van der Waals surface area contributed by atoms with Crippen LogP contribution in [0, 0.1) is 5.82 Å². The van der Waals surface area contributed by atoms with Gasteiger partial charge in [-0.1, -0.05) is 41.9 Å². The van der Waals surface area contributed by atoms with Crippen LogP contribution in [0.3, 0.4) is 0 Å². The van der Waals surface area contributed by atoms with Gasteiger partial charge >= 0.3 is 0 Å². The smallest absolute Gasteiger partial charge is 0.255 e. The van der Waals surface area contributed by atoms with E-state index in [9.17, 15) is 17.6 Å². The molecule has 0 unspecified atom stereocenters. The number of piperazine rings is 1. The lowest BCUT2D eigenvalue weighted by Gasteiger charge is -2.43. The number of piperidine rings is 1. The fraction of sp³-hybridized carbons (Fsp3) is 0.424. The number of anilines is 1. The Kier molecular flexibility index (Phi) is 8.67. The SMILES string of the molecule is COc1ccc(S(=O)(=O)C2CCN(CCc3ccccc3)CC2)cc1N1[C@@H]2CC[C@H]1CN(C(=O)c1ccc(F)cc1Cl)C2. The molecule has 6 rings (SSSR count). The molecule has 0 spiro atoms. The van der Waals surface area contributed by atoms with E-state index in [1.807, 2.05) is 18.2 Å². The fourth-order valence-corrected chi connectivity index (χ4v) is 8.91. The molecule has 7 nitrogen and oxygen atoms in total. The van der Waals surface area contributed by atoms with Gasteiger partial charge in [0.05, 0.1) is 33.5 Å². The number of carbonyl (C=O) groups excluding carboxylic acids is 1. The van der Waals surface area contributed by atoms with Crippen molar-refractivity contribution in [1.29, 1.82) is 0 Å². The minimum atomic E-state index is -3.54. The number of carbonyl (C=O) groups is 1. The number of nitrogens with zero attached hydrogens (tertiary/aromatic N) is 3. The second-order valence-electron chi connectivity index (χ2n) is 11.8. The Hall–Kier alpha value is -3.14. The lowest BCUT2D eigenvalue weighted by atomic mass is 10.1. The molecular weight excluding hydrogens is 589 g/mol. The van der Waals surface area contributed by atoms with Gasteiger partial charge in [0.1, 0.15) is 11.6 Å². The van der Waals surface area contributed by atoms with Gasteiger partial charge < -0.3 is 19.4 Å². The highest BCUT2D eigenvalue weighted by Gasteiger charge is 2.43. The minimum absolute atomic E-state index is 0.00151. The molecule has 3 aliphatic rings. The average Bonchev–Trinajstić information content (AvgIpc) is 3.28. The summed E-state index contributed by atoms with van der Waals surface area (Å²) in [6, 6.07) is 19.4. The quantitative estimate of drug-likeness (QED) is 0.331.